The molecule has 0 spiro atoms. The number of aryl methyl sites for hydroxylation is 3. The van der Waals surface area contributed by atoms with Crippen LogP contribution >= 0.6 is 11.8 Å². The van der Waals surface area contributed by atoms with Crippen LogP contribution in [0.4, 0.5) is 0 Å². The van der Waals surface area contributed by atoms with Gasteiger partial charge in [0, 0.05) is 28.5 Å². The molecule has 6 heteroatoms. The maximum atomic E-state index is 12.0. The number of carbonyl (C=O) groups is 1. The maximum Gasteiger partial charge on any atom is 0.336 e. The summed E-state index contributed by atoms with van der Waals surface area (Å²) in [7, 11) is 0. The molecule has 140 valence electrons. The molecule has 5 nitrogen and oxygen atoms in total. The summed E-state index contributed by atoms with van der Waals surface area (Å²) in [6.45, 7) is 3.23. The second-order valence-electron chi connectivity index (χ2n) is 6.99. The minimum absolute atomic E-state index is 0.112. The first-order valence-corrected chi connectivity index (χ1v) is 10.1. The van der Waals surface area contributed by atoms with E-state index in [0.29, 0.717) is 33.2 Å². The Morgan fingerprint density at radius 3 is 2.71 bits per heavy atom. The second-order valence-corrected chi connectivity index (χ2v) is 7.96. The van der Waals surface area contributed by atoms with Gasteiger partial charge in [-0.3, -0.25) is 4.79 Å². The summed E-state index contributed by atoms with van der Waals surface area (Å²) in [4.78, 5) is 28.2. The van der Waals surface area contributed by atoms with Crippen LogP contribution in [0.1, 0.15) is 51.7 Å². The van der Waals surface area contributed by atoms with Crippen LogP contribution < -0.4 is 5.63 Å². The van der Waals surface area contributed by atoms with Gasteiger partial charge >= 0.3 is 5.63 Å². The van der Waals surface area contributed by atoms with Crippen LogP contribution in [0.3, 0.4) is 0 Å². The molecule has 1 aliphatic carbocycles. The van der Waals surface area contributed by atoms with Gasteiger partial charge < -0.3 is 4.42 Å². The van der Waals surface area contributed by atoms with Crippen LogP contribution in [0.25, 0.3) is 11.0 Å². The van der Waals surface area contributed by atoms with Crippen LogP contribution in [0.2, 0.25) is 0 Å². The van der Waals surface area contributed by atoms with Crippen molar-refractivity contribution in [1.82, 2.24) is 4.98 Å². The van der Waals surface area contributed by atoms with E-state index in [1.165, 1.54) is 35.9 Å². The topological polar surface area (TPSA) is 84.0 Å². The number of rotatable bonds is 4. The number of ketones is 1. The molecule has 4 rings (SSSR count). The maximum absolute atomic E-state index is 12.0. The minimum Gasteiger partial charge on any atom is -0.423 e. The number of nitrogens with zero attached hydrogens (tertiary/aromatic N) is 2. The molecular formula is C22H18N2O3S. The molecule has 0 fully saturated rings. The van der Waals surface area contributed by atoms with E-state index in [9.17, 15) is 14.9 Å². The molecule has 0 unspecified atom stereocenters. The van der Waals surface area contributed by atoms with Gasteiger partial charge in [0.05, 0.1) is 5.56 Å². The molecule has 1 aliphatic rings. The molecule has 0 saturated heterocycles. The Morgan fingerprint density at radius 2 is 2.00 bits per heavy atom. The molecule has 0 bridgehead atoms. The summed E-state index contributed by atoms with van der Waals surface area (Å²) < 4.78 is 5.42. The highest BCUT2D eigenvalue weighted by Gasteiger charge is 2.17. The summed E-state index contributed by atoms with van der Waals surface area (Å²) in [5.74, 6) is 0.375. The Bertz CT molecular complexity index is 1220. The lowest BCUT2D eigenvalue weighted by Crippen LogP contribution is -2.03. The normalized spacial score (nSPS) is 12.8. The molecule has 0 N–H and O–H groups in total. The first-order valence-electron chi connectivity index (χ1n) is 9.10. The first-order chi connectivity index (χ1) is 13.5. The number of hydrogen-bond acceptors (Lipinski definition) is 6. The Kier molecular flexibility index (Phi) is 4.78. The number of thioether (sulfide) groups is 1. The fraction of sp³-hybridized carbons (Fsp3) is 0.273. The molecule has 0 atom stereocenters. The van der Waals surface area contributed by atoms with Crippen molar-refractivity contribution in [3.63, 3.8) is 0 Å². The number of aromatic nitrogens is 1. The monoisotopic (exact) mass is 390 g/mol. The van der Waals surface area contributed by atoms with Gasteiger partial charge in [-0.2, -0.15) is 5.26 Å². The third kappa shape index (κ3) is 3.34. The van der Waals surface area contributed by atoms with Crippen LogP contribution in [0.5, 0.6) is 0 Å². The summed E-state index contributed by atoms with van der Waals surface area (Å²) >= 11 is 1.39. The number of hydrogen-bond donors (Lipinski definition) is 0. The summed E-state index contributed by atoms with van der Waals surface area (Å²) in [5.41, 5.74) is 5.10. The van der Waals surface area contributed by atoms with E-state index in [0.717, 1.165) is 30.2 Å². The highest BCUT2D eigenvalue weighted by atomic mass is 32.2. The van der Waals surface area contributed by atoms with E-state index < -0.39 is 0 Å². The van der Waals surface area contributed by atoms with Crippen LogP contribution in [-0.4, -0.2) is 10.8 Å². The van der Waals surface area contributed by atoms with Crippen molar-refractivity contribution in [1.29, 1.82) is 5.26 Å². The predicted octanol–water partition coefficient (Wildman–Crippen LogP) is 4.35. The highest BCUT2D eigenvalue weighted by Crippen LogP contribution is 2.32. The lowest BCUT2D eigenvalue weighted by molar-refractivity contribution is 0.101. The van der Waals surface area contributed by atoms with Crippen molar-refractivity contribution in [2.45, 2.75) is 43.9 Å². The van der Waals surface area contributed by atoms with Crippen LogP contribution in [0.15, 0.2) is 38.5 Å². The van der Waals surface area contributed by atoms with Gasteiger partial charge in [-0.25, -0.2) is 9.78 Å². The zero-order chi connectivity index (χ0) is 19.8. The fourth-order valence-corrected chi connectivity index (χ4v) is 4.68. The zero-order valence-electron chi connectivity index (χ0n) is 15.7. The third-order valence-electron chi connectivity index (χ3n) is 5.08. The number of benzene rings is 1. The summed E-state index contributed by atoms with van der Waals surface area (Å²) in [6, 6.07) is 9.34. The van der Waals surface area contributed by atoms with E-state index in [4.69, 9.17) is 4.42 Å². The molecule has 28 heavy (non-hydrogen) atoms. The molecular weight excluding hydrogens is 372 g/mol. The van der Waals surface area contributed by atoms with E-state index in [1.807, 2.05) is 6.07 Å². The lowest BCUT2D eigenvalue weighted by atomic mass is 10.0. The third-order valence-corrected chi connectivity index (χ3v) is 6.12. The fourth-order valence-electron chi connectivity index (χ4n) is 3.69. The second kappa shape index (κ2) is 7.25. The van der Waals surface area contributed by atoms with Crippen molar-refractivity contribution in [3.8, 4) is 6.07 Å². The number of Topliss-reactive ketones (excluding diaryl/α,β-unsaturated/α-hetero) is 1. The first kappa shape index (κ1) is 18.5. The van der Waals surface area contributed by atoms with Gasteiger partial charge in [-0.15, -0.1) is 11.8 Å². The number of nitriles is 1. The minimum atomic E-state index is -0.377. The zero-order valence-corrected chi connectivity index (χ0v) is 16.5. The molecule has 0 aliphatic heterocycles. The van der Waals surface area contributed by atoms with Crippen LogP contribution in [0, 0.1) is 18.3 Å². The standard InChI is InChI=1S/C22H18N2O3S/c1-12-18(13(2)25)7-16(10-23)22(24-12)28-11-17-9-21(26)27-20-8-15-5-3-4-14(15)6-19(17)20/h6-9H,3-5,11H2,1-2H3. The van der Waals surface area contributed by atoms with Gasteiger partial charge in [0.2, 0.25) is 0 Å². The van der Waals surface area contributed by atoms with Gasteiger partial charge in [-0.05, 0) is 68.0 Å². The smallest absolute Gasteiger partial charge is 0.336 e. The van der Waals surface area contributed by atoms with E-state index in [1.54, 1.807) is 13.0 Å². The summed E-state index contributed by atoms with van der Waals surface area (Å²) in [6.07, 6.45) is 3.19. The molecule has 1 aromatic carbocycles. The Morgan fingerprint density at radius 1 is 1.25 bits per heavy atom. The number of pyridine rings is 1. The molecule has 0 radical (unpaired) electrons. The Balaban J connectivity index is 1.72. The van der Waals surface area contributed by atoms with Crippen LogP contribution in [-0.2, 0) is 18.6 Å². The van der Waals surface area contributed by atoms with E-state index >= 15 is 0 Å². The quantitative estimate of drug-likeness (QED) is 0.374. The van der Waals surface area contributed by atoms with Crippen molar-refractivity contribution < 1.29 is 9.21 Å². The average Bonchev–Trinajstić information content (AvgIpc) is 3.11. The Labute approximate surface area is 166 Å². The van der Waals surface area contributed by atoms with Crippen molar-refractivity contribution in [2.24, 2.45) is 0 Å². The number of fused-ring (bicyclic) bond motifs is 2. The van der Waals surface area contributed by atoms with Gasteiger partial charge in [0.1, 0.15) is 16.7 Å². The Hall–Kier alpha value is -2.91. The van der Waals surface area contributed by atoms with Crippen molar-refractivity contribution in [2.75, 3.05) is 0 Å². The largest absolute Gasteiger partial charge is 0.423 e. The van der Waals surface area contributed by atoms with Gasteiger partial charge in [0.25, 0.3) is 0 Å². The molecule has 2 aromatic heterocycles. The SMILES string of the molecule is CC(=O)c1cc(C#N)c(SCc2cc(=O)oc3cc4c(cc23)CCC4)nc1C. The molecule has 2 heterocycles. The van der Waals surface area contributed by atoms with Crippen molar-refractivity contribution >= 4 is 28.5 Å². The average molecular weight is 390 g/mol. The predicted molar refractivity (Wildman–Crippen MR) is 108 cm³/mol. The highest BCUT2D eigenvalue weighted by molar-refractivity contribution is 7.98. The van der Waals surface area contributed by atoms with E-state index in [-0.39, 0.29) is 11.4 Å². The molecule has 0 amide bonds. The van der Waals surface area contributed by atoms with Gasteiger partial charge in [0.15, 0.2) is 5.78 Å². The van der Waals surface area contributed by atoms with Gasteiger partial charge in [-0.1, -0.05) is 0 Å². The number of carbonyl (C=O) groups excluding carboxylic acids is 1. The molecule has 3 aromatic rings. The van der Waals surface area contributed by atoms with E-state index in [2.05, 4.69) is 17.1 Å². The lowest BCUT2D eigenvalue weighted by Gasteiger charge is -2.10. The van der Waals surface area contributed by atoms with Crippen molar-refractivity contribution in [3.05, 3.63) is 68.2 Å². The molecule has 0 saturated carbocycles. The summed E-state index contributed by atoms with van der Waals surface area (Å²) in [5, 5.41) is 11.0.